The smallest absolute Gasteiger partial charge is 0.151 e. The van der Waals surface area contributed by atoms with E-state index >= 15 is 0 Å². The van der Waals surface area contributed by atoms with Crippen molar-refractivity contribution in [1.29, 1.82) is 0 Å². The van der Waals surface area contributed by atoms with Crippen molar-refractivity contribution >= 4 is 17.5 Å². The summed E-state index contributed by atoms with van der Waals surface area (Å²) in [6, 6.07) is 1.72. The first kappa shape index (κ1) is 11.0. The van der Waals surface area contributed by atoms with Crippen molar-refractivity contribution in [1.82, 2.24) is 15.4 Å². The summed E-state index contributed by atoms with van der Waals surface area (Å²) < 4.78 is 0. The number of allylic oxidation sites excluding steroid dienone is 4. The van der Waals surface area contributed by atoms with Crippen molar-refractivity contribution < 1.29 is 4.79 Å². The largest absolute Gasteiger partial charge is 0.298 e. The summed E-state index contributed by atoms with van der Waals surface area (Å²) in [4.78, 5) is 12.4. The Morgan fingerprint density at radius 3 is 2.69 bits per heavy atom. The second-order valence-corrected chi connectivity index (χ2v) is 4.40. The third-order valence-electron chi connectivity index (χ3n) is 2.29. The first-order chi connectivity index (χ1) is 7.88. The predicted molar refractivity (Wildman–Crippen MR) is 62.6 cm³/mol. The van der Waals surface area contributed by atoms with Crippen LogP contribution in [-0.4, -0.2) is 26.9 Å². The number of fused-ring (bicyclic) bond motifs is 1. The van der Waals surface area contributed by atoms with Gasteiger partial charge in [-0.25, -0.2) is 0 Å². The zero-order chi connectivity index (χ0) is 11.2. The lowest BCUT2D eigenvalue weighted by Crippen LogP contribution is -2.09. The fourth-order valence-corrected chi connectivity index (χ4v) is 2.62. The molecule has 0 bridgehead atoms. The average molecular weight is 233 g/mol. The van der Waals surface area contributed by atoms with Gasteiger partial charge in [0.2, 0.25) is 0 Å². The zero-order valence-electron chi connectivity index (χ0n) is 8.61. The summed E-state index contributed by atoms with van der Waals surface area (Å²) in [7, 11) is 0. The Hall–Kier alpha value is -1.49. The summed E-state index contributed by atoms with van der Waals surface area (Å²) in [6.07, 6.45) is 10.2. The van der Waals surface area contributed by atoms with E-state index in [4.69, 9.17) is 0 Å². The molecular weight excluding hydrogens is 222 g/mol. The normalized spacial score (nSPS) is 21.9. The standard InChI is InChI=1S/C8H8OS.C3H3N3/c9-7-5-10-8-4-2-1-3-6(7)8;1-2-4-6-5-3-1/h1-2,4,6H,3,5H2;1-3H. The van der Waals surface area contributed by atoms with Gasteiger partial charge in [-0.1, -0.05) is 18.2 Å². The molecule has 3 rings (SSSR count). The van der Waals surface area contributed by atoms with E-state index < -0.39 is 0 Å². The van der Waals surface area contributed by atoms with Gasteiger partial charge in [0.05, 0.1) is 24.1 Å². The number of carbonyl (C=O) groups excluding carboxylic acids is 1. The van der Waals surface area contributed by atoms with Crippen LogP contribution in [0.15, 0.2) is 41.6 Å². The van der Waals surface area contributed by atoms with Crippen molar-refractivity contribution in [3.63, 3.8) is 0 Å². The molecule has 1 aromatic rings. The van der Waals surface area contributed by atoms with Gasteiger partial charge >= 0.3 is 0 Å². The van der Waals surface area contributed by atoms with E-state index in [9.17, 15) is 4.79 Å². The highest BCUT2D eigenvalue weighted by molar-refractivity contribution is 8.04. The Morgan fingerprint density at radius 1 is 1.31 bits per heavy atom. The van der Waals surface area contributed by atoms with Gasteiger partial charge < -0.3 is 0 Å². The van der Waals surface area contributed by atoms with E-state index in [1.54, 1.807) is 30.2 Å². The van der Waals surface area contributed by atoms with Gasteiger partial charge in [0.1, 0.15) is 0 Å². The van der Waals surface area contributed by atoms with Crippen LogP contribution in [0.25, 0.3) is 0 Å². The van der Waals surface area contributed by atoms with Crippen molar-refractivity contribution in [3.8, 4) is 0 Å². The molecule has 0 spiro atoms. The molecule has 1 aliphatic heterocycles. The molecule has 0 aromatic carbocycles. The van der Waals surface area contributed by atoms with Crippen molar-refractivity contribution in [2.75, 3.05) is 5.75 Å². The average Bonchev–Trinajstić information content (AvgIpc) is 2.75. The molecule has 0 radical (unpaired) electrons. The number of nitrogens with zero attached hydrogens (tertiary/aromatic N) is 3. The number of ketones is 1. The monoisotopic (exact) mass is 233 g/mol. The fraction of sp³-hybridized carbons (Fsp3) is 0.273. The minimum atomic E-state index is 0.231. The molecule has 2 heterocycles. The molecule has 16 heavy (non-hydrogen) atoms. The molecule has 0 amide bonds. The van der Waals surface area contributed by atoms with Gasteiger partial charge in [-0.15, -0.1) is 22.0 Å². The summed E-state index contributed by atoms with van der Waals surface area (Å²) >= 11 is 1.69. The second-order valence-electron chi connectivity index (χ2n) is 3.35. The number of hydrogen-bond acceptors (Lipinski definition) is 5. The SMILES string of the molecule is O=C1CSC2=CC=CCC12.c1cnnnc1. The number of hydrogen-bond donors (Lipinski definition) is 0. The van der Waals surface area contributed by atoms with Crippen LogP contribution in [0.5, 0.6) is 0 Å². The van der Waals surface area contributed by atoms with Gasteiger partial charge in [0.15, 0.2) is 5.78 Å². The van der Waals surface area contributed by atoms with Crippen LogP contribution in [0.4, 0.5) is 0 Å². The number of carbonyl (C=O) groups is 1. The maximum absolute atomic E-state index is 11.1. The molecule has 1 aliphatic carbocycles. The predicted octanol–water partition coefficient (Wildman–Crippen LogP) is 1.63. The van der Waals surface area contributed by atoms with E-state index in [2.05, 4.69) is 27.6 Å². The van der Waals surface area contributed by atoms with Gasteiger partial charge in [0, 0.05) is 0 Å². The third kappa shape index (κ3) is 2.76. The highest BCUT2D eigenvalue weighted by Gasteiger charge is 2.29. The molecule has 1 fully saturated rings. The van der Waals surface area contributed by atoms with Crippen LogP contribution in [0.1, 0.15) is 6.42 Å². The summed E-state index contributed by atoms with van der Waals surface area (Å²) in [5, 5.41) is 10.1. The molecule has 1 saturated heterocycles. The van der Waals surface area contributed by atoms with Crippen LogP contribution in [0, 0.1) is 5.92 Å². The van der Waals surface area contributed by atoms with E-state index in [0.29, 0.717) is 11.5 Å². The van der Waals surface area contributed by atoms with Gasteiger partial charge in [-0.05, 0) is 22.6 Å². The van der Waals surface area contributed by atoms with E-state index in [0.717, 1.165) is 6.42 Å². The molecule has 2 aliphatic rings. The molecule has 1 atom stereocenters. The van der Waals surface area contributed by atoms with Crippen LogP contribution in [0.3, 0.4) is 0 Å². The van der Waals surface area contributed by atoms with Crippen LogP contribution >= 0.6 is 11.8 Å². The Labute approximate surface area is 97.8 Å². The van der Waals surface area contributed by atoms with Crippen molar-refractivity contribution in [2.24, 2.45) is 5.92 Å². The van der Waals surface area contributed by atoms with Crippen LogP contribution in [0.2, 0.25) is 0 Å². The summed E-state index contributed by atoms with van der Waals surface area (Å²) in [5.41, 5.74) is 0. The minimum absolute atomic E-state index is 0.231. The maximum Gasteiger partial charge on any atom is 0.151 e. The first-order valence-electron chi connectivity index (χ1n) is 4.98. The molecule has 1 aromatic heterocycles. The zero-order valence-corrected chi connectivity index (χ0v) is 9.43. The fourth-order valence-electron chi connectivity index (χ4n) is 1.51. The second kappa shape index (κ2) is 5.55. The summed E-state index contributed by atoms with van der Waals surface area (Å²) in [5.74, 6) is 1.33. The number of thioether (sulfide) groups is 1. The van der Waals surface area contributed by atoms with Gasteiger partial charge in [-0.2, -0.15) is 0 Å². The highest BCUT2D eigenvalue weighted by Crippen LogP contribution is 2.37. The van der Waals surface area contributed by atoms with E-state index in [1.807, 2.05) is 6.08 Å². The molecule has 4 nitrogen and oxygen atoms in total. The first-order valence-corrected chi connectivity index (χ1v) is 5.97. The molecular formula is C11H11N3OS. The lowest BCUT2D eigenvalue weighted by atomic mass is 9.97. The topological polar surface area (TPSA) is 55.7 Å². The Balaban J connectivity index is 0.000000138. The molecule has 1 unspecified atom stereocenters. The molecule has 5 heteroatoms. The van der Waals surface area contributed by atoms with Gasteiger partial charge in [-0.3, -0.25) is 4.79 Å². The Bertz CT molecular complexity index is 390. The highest BCUT2D eigenvalue weighted by atomic mass is 32.2. The van der Waals surface area contributed by atoms with Crippen molar-refractivity contribution in [2.45, 2.75) is 6.42 Å². The van der Waals surface area contributed by atoms with Crippen molar-refractivity contribution in [3.05, 3.63) is 41.6 Å². The molecule has 82 valence electrons. The molecule has 0 saturated carbocycles. The summed E-state index contributed by atoms with van der Waals surface area (Å²) in [6.45, 7) is 0. The third-order valence-corrected chi connectivity index (χ3v) is 3.47. The number of Topliss-reactive ketones (excluding diaryl/α,β-unsaturated/α-hetero) is 1. The van der Waals surface area contributed by atoms with E-state index in [-0.39, 0.29) is 5.92 Å². The quantitative estimate of drug-likeness (QED) is 0.681. The molecule has 0 N–H and O–H groups in total. The number of rotatable bonds is 0. The van der Waals surface area contributed by atoms with E-state index in [1.165, 1.54) is 4.91 Å². The lowest BCUT2D eigenvalue weighted by Gasteiger charge is -2.08. The van der Waals surface area contributed by atoms with Gasteiger partial charge in [0.25, 0.3) is 0 Å². The maximum atomic E-state index is 11.1. The Morgan fingerprint density at radius 2 is 2.12 bits per heavy atom. The number of aromatic nitrogens is 3. The minimum Gasteiger partial charge on any atom is -0.298 e. The van der Waals surface area contributed by atoms with Crippen LogP contribution in [-0.2, 0) is 4.79 Å². The Kier molecular flexibility index (Phi) is 3.82. The lowest BCUT2D eigenvalue weighted by molar-refractivity contribution is -0.118. The van der Waals surface area contributed by atoms with Crippen LogP contribution < -0.4 is 0 Å².